The number of carboxylic acid groups (broad SMARTS) is 1. The van der Waals surface area contributed by atoms with Crippen molar-refractivity contribution in [2.24, 2.45) is 5.92 Å². The van der Waals surface area contributed by atoms with Crippen molar-refractivity contribution in [3.05, 3.63) is 29.3 Å². The standard InChI is InChI=1S/C12H13ClO5S/c13-9-3-1-2-4-11(9)19(17,18)7-5-8(12(15)16)10(14)6-7/h1-4,7-8,10,14H,5-6H2,(H,15,16)/t7-,8+,10+/m1/s1. The molecular weight excluding hydrogens is 292 g/mol. The number of sulfone groups is 1. The highest BCUT2D eigenvalue weighted by Gasteiger charge is 2.44. The monoisotopic (exact) mass is 304 g/mol. The summed E-state index contributed by atoms with van der Waals surface area (Å²) in [6.45, 7) is 0. The molecule has 1 aromatic carbocycles. The molecule has 0 spiro atoms. The first-order valence-electron chi connectivity index (χ1n) is 5.73. The average molecular weight is 305 g/mol. The lowest BCUT2D eigenvalue weighted by atomic mass is 10.1. The van der Waals surface area contributed by atoms with Crippen molar-refractivity contribution < 1.29 is 23.4 Å². The Kier molecular flexibility index (Phi) is 3.85. The van der Waals surface area contributed by atoms with Crippen LogP contribution in [0.3, 0.4) is 0 Å². The van der Waals surface area contributed by atoms with Gasteiger partial charge in [-0.3, -0.25) is 4.79 Å². The molecule has 104 valence electrons. The predicted octanol–water partition coefficient (Wildman–Crippen LogP) is 1.34. The van der Waals surface area contributed by atoms with E-state index in [4.69, 9.17) is 16.7 Å². The fourth-order valence-electron chi connectivity index (χ4n) is 2.34. The van der Waals surface area contributed by atoms with Gasteiger partial charge in [0, 0.05) is 0 Å². The number of carbonyl (C=O) groups is 1. The normalized spacial score (nSPS) is 27.4. The molecule has 0 aliphatic heterocycles. The minimum atomic E-state index is -3.72. The summed E-state index contributed by atoms with van der Waals surface area (Å²) in [7, 11) is -3.72. The van der Waals surface area contributed by atoms with Crippen LogP contribution in [0.15, 0.2) is 29.2 Å². The largest absolute Gasteiger partial charge is 0.481 e. The molecule has 2 N–H and O–H groups in total. The van der Waals surface area contributed by atoms with Crippen molar-refractivity contribution in [1.29, 1.82) is 0 Å². The van der Waals surface area contributed by atoms with Crippen molar-refractivity contribution in [3.8, 4) is 0 Å². The quantitative estimate of drug-likeness (QED) is 0.879. The van der Waals surface area contributed by atoms with Crippen molar-refractivity contribution in [1.82, 2.24) is 0 Å². The van der Waals surface area contributed by atoms with E-state index >= 15 is 0 Å². The van der Waals surface area contributed by atoms with Crippen molar-refractivity contribution in [2.45, 2.75) is 29.1 Å². The van der Waals surface area contributed by atoms with Gasteiger partial charge in [0.2, 0.25) is 0 Å². The number of halogens is 1. The van der Waals surface area contributed by atoms with Crippen LogP contribution in [0.4, 0.5) is 0 Å². The number of aliphatic carboxylic acids is 1. The molecule has 3 atom stereocenters. The van der Waals surface area contributed by atoms with Gasteiger partial charge in [-0.1, -0.05) is 23.7 Å². The summed E-state index contributed by atoms with van der Waals surface area (Å²) < 4.78 is 24.8. The summed E-state index contributed by atoms with van der Waals surface area (Å²) in [5, 5.41) is 17.7. The van der Waals surface area contributed by atoms with E-state index in [2.05, 4.69) is 0 Å². The predicted molar refractivity (Wildman–Crippen MR) is 68.8 cm³/mol. The summed E-state index contributed by atoms with van der Waals surface area (Å²) in [4.78, 5) is 10.9. The molecule has 0 unspecified atom stereocenters. The molecule has 1 fully saturated rings. The lowest BCUT2D eigenvalue weighted by Crippen LogP contribution is -2.22. The maximum absolute atomic E-state index is 12.4. The van der Waals surface area contributed by atoms with E-state index in [0.29, 0.717) is 0 Å². The van der Waals surface area contributed by atoms with E-state index in [1.807, 2.05) is 0 Å². The van der Waals surface area contributed by atoms with Crippen LogP contribution in [0.2, 0.25) is 5.02 Å². The third kappa shape index (κ3) is 2.61. The topological polar surface area (TPSA) is 91.7 Å². The number of hydrogen-bond acceptors (Lipinski definition) is 4. The zero-order valence-electron chi connectivity index (χ0n) is 9.86. The van der Waals surface area contributed by atoms with Crippen molar-refractivity contribution in [3.63, 3.8) is 0 Å². The van der Waals surface area contributed by atoms with Gasteiger partial charge < -0.3 is 10.2 Å². The Hall–Kier alpha value is -1.11. The molecule has 0 radical (unpaired) electrons. The third-order valence-corrected chi connectivity index (χ3v) is 6.06. The SMILES string of the molecule is O=C(O)[C@H]1C[C@@H](S(=O)(=O)c2ccccc2Cl)C[C@@H]1O. The minimum Gasteiger partial charge on any atom is -0.481 e. The van der Waals surface area contributed by atoms with Crippen molar-refractivity contribution in [2.75, 3.05) is 0 Å². The molecule has 0 aromatic heterocycles. The molecule has 19 heavy (non-hydrogen) atoms. The van der Waals surface area contributed by atoms with Gasteiger partial charge in [-0.25, -0.2) is 8.42 Å². The first-order valence-corrected chi connectivity index (χ1v) is 7.65. The highest BCUT2D eigenvalue weighted by molar-refractivity contribution is 7.92. The van der Waals surface area contributed by atoms with Crippen LogP contribution in [0.1, 0.15) is 12.8 Å². The Bertz CT molecular complexity index is 598. The summed E-state index contributed by atoms with van der Waals surface area (Å²) in [6, 6.07) is 6.02. The number of aliphatic hydroxyl groups is 1. The molecule has 1 aliphatic carbocycles. The molecule has 1 aliphatic rings. The molecule has 2 rings (SSSR count). The van der Waals surface area contributed by atoms with Crippen LogP contribution >= 0.6 is 11.6 Å². The third-order valence-electron chi connectivity index (χ3n) is 3.38. The zero-order valence-corrected chi connectivity index (χ0v) is 11.4. The van der Waals surface area contributed by atoms with Crippen LogP contribution in [0.5, 0.6) is 0 Å². The van der Waals surface area contributed by atoms with Crippen LogP contribution < -0.4 is 0 Å². The summed E-state index contributed by atoms with van der Waals surface area (Å²) >= 11 is 5.86. The fraction of sp³-hybridized carbons (Fsp3) is 0.417. The number of aliphatic hydroxyl groups excluding tert-OH is 1. The van der Waals surface area contributed by atoms with Gasteiger partial charge >= 0.3 is 5.97 Å². The summed E-state index contributed by atoms with van der Waals surface area (Å²) in [5.74, 6) is -2.22. The maximum atomic E-state index is 12.4. The first kappa shape index (κ1) is 14.3. The van der Waals surface area contributed by atoms with E-state index in [9.17, 15) is 18.3 Å². The van der Waals surface area contributed by atoms with Gasteiger partial charge in [0.05, 0.1) is 27.2 Å². The Morgan fingerprint density at radius 3 is 2.42 bits per heavy atom. The Labute approximate surface area is 115 Å². The van der Waals surface area contributed by atoms with E-state index < -0.39 is 33.1 Å². The van der Waals surface area contributed by atoms with Gasteiger partial charge in [0.25, 0.3) is 0 Å². The minimum absolute atomic E-state index is 0.0140. The number of rotatable bonds is 3. The number of hydrogen-bond donors (Lipinski definition) is 2. The molecule has 7 heteroatoms. The van der Waals surface area contributed by atoms with Crippen LogP contribution in [-0.4, -0.2) is 36.0 Å². The summed E-state index contributed by atoms with van der Waals surface area (Å²) in [5.41, 5.74) is 0. The maximum Gasteiger partial charge on any atom is 0.309 e. The van der Waals surface area contributed by atoms with Gasteiger partial charge in [-0.2, -0.15) is 0 Å². The van der Waals surface area contributed by atoms with E-state index in [-0.39, 0.29) is 22.8 Å². The fourth-order valence-corrected chi connectivity index (χ4v) is 4.68. The zero-order chi connectivity index (χ0) is 14.2. The molecular formula is C12H13ClO5S. The second-order valence-electron chi connectivity index (χ2n) is 4.58. The molecule has 0 bridgehead atoms. The molecule has 1 aromatic rings. The molecule has 0 saturated heterocycles. The van der Waals surface area contributed by atoms with Crippen LogP contribution in [-0.2, 0) is 14.6 Å². The molecule has 1 saturated carbocycles. The van der Waals surface area contributed by atoms with E-state index in [1.165, 1.54) is 12.1 Å². The Balaban J connectivity index is 2.33. The Morgan fingerprint density at radius 1 is 1.26 bits per heavy atom. The van der Waals surface area contributed by atoms with Crippen LogP contribution in [0, 0.1) is 5.92 Å². The van der Waals surface area contributed by atoms with E-state index in [0.717, 1.165) is 0 Å². The highest BCUT2D eigenvalue weighted by Crippen LogP contribution is 2.36. The van der Waals surface area contributed by atoms with E-state index in [1.54, 1.807) is 12.1 Å². The van der Waals surface area contributed by atoms with Gasteiger partial charge in [-0.05, 0) is 25.0 Å². The molecule has 0 heterocycles. The lowest BCUT2D eigenvalue weighted by Gasteiger charge is -2.12. The number of carboxylic acids is 1. The van der Waals surface area contributed by atoms with Crippen LogP contribution in [0.25, 0.3) is 0 Å². The molecule has 5 nitrogen and oxygen atoms in total. The number of benzene rings is 1. The van der Waals surface area contributed by atoms with Gasteiger partial charge in [0.15, 0.2) is 9.84 Å². The van der Waals surface area contributed by atoms with Crippen molar-refractivity contribution >= 4 is 27.4 Å². The highest BCUT2D eigenvalue weighted by atomic mass is 35.5. The van der Waals surface area contributed by atoms with Gasteiger partial charge in [-0.15, -0.1) is 0 Å². The Morgan fingerprint density at radius 2 is 1.89 bits per heavy atom. The lowest BCUT2D eigenvalue weighted by molar-refractivity contribution is -0.144. The summed E-state index contributed by atoms with van der Waals surface area (Å²) in [6.07, 6.45) is -1.31. The second kappa shape index (κ2) is 5.11. The average Bonchev–Trinajstić information content (AvgIpc) is 2.72. The second-order valence-corrected chi connectivity index (χ2v) is 7.18. The van der Waals surface area contributed by atoms with Gasteiger partial charge in [0.1, 0.15) is 0 Å². The first-order chi connectivity index (χ1) is 8.84. The smallest absolute Gasteiger partial charge is 0.309 e. The molecule has 0 amide bonds.